The van der Waals surface area contributed by atoms with Gasteiger partial charge in [-0.2, -0.15) is 0 Å². The average molecular weight is 389 g/mol. The molecule has 0 spiro atoms. The Labute approximate surface area is 169 Å². The maximum absolute atomic E-state index is 12.9. The first-order valence-corrected chi connectivity index (χ1v) is 9.66. The minimum absolute atomic E-state index is 0.0541. The van der Waals surface area contributed by atoms with E-state index in [2.05, 4.69) is 16.4 Å². The molecule has 0 aliphatic carbocycles. The number of hydrogen-bond donors (Lipinski definition) is 0. The summed E-state index contributed by atoms with van der Waals surface area (Å²) in [4.78, 5) is 29.2. The Morgan fingerprint density at radius 2 is 1.90 bits per heavy atom. The van der Waals surface area contributed by atoms with E-state index in [0.29, 0.717) is 19.6 Å². The van der Waals surface area contributed by atoms with Gasteiger partial charge in [0.05, 0.1) is 11.9 Å². The number of aromatic nitrogens is 3. The molecular formula is C22H23N5O2. The van der Waals surface area contributed by atoms with Crippen LogP contribution in [0.25, 0.3) is 5.69 Å². The fraction of sp³-hybridized carbons (Fsp3) is 0.273. The Bertz CT molecular complexity index is 1030. The summed E-state index contributed by atoms with van der Waals surface area (Å²) in [5.41, 5.74) is 3.32. The van der Waals surface area contributed by atoms with Gasteiger partial charge in [0.15, 0.2) is 5.69 Å². The zero-order chi connectivity index (χ0) is 20.4. The second-order valence-corrected chi connectivity index (χ2v) is 7.31. The topological polar surface area (TPSA) is 71.3 Å². The van der Waals surface area contributed by atoms with E-state index >= 15 is 0 Å². The van der Waals surface area contributed by atoms with E-state index in [4.69, 9.17) is 0 Å². The maximum atomic E-state index is 12.9. The minimum Gasteiger partial charge on any atom is -0.335 e. The molecule has 3 aromatic rings. The number of carbonyl (C=O) groups is 2. The summed E-state index contributed by atoms with van der Waals surface area (Å²) in [6.45, 7) is 5.32. The van der Waals surface area contributed by atoms with Gasteiger partial charge in [0.25, 0.3) is 5.91 Å². The Balaban J connectivity index is 1.46. The van der Waals surface area contributed by atoms with E-state index in [-0.39, 0.29) is 17.5 Å². The fourth-order valence-electron chi connectivity index (χ4n) is 3.61. The van der Waals surface area contributed by atoms with Crippen molar-refractivity contribution in [1.29, 1.82) is 0 Å². The van der Waals surface area contributed by atoms with Crippen molar-refractivity contribution in [2.45, 2.75) is 26.4 Å². The first kappa shape index (κ1) is 18.9. The van der Waals surface area contributed by atoms with Gasteiger partial charge in [0.2, 0.25) is 5.91 Å². The first-order chi connectivity index (χ1) is 14.0. The van der Waals surface area contributed by atoms with E-state index in [0.717, 1.165) is 11.3 Å². The number of hydrogen-bond acceptors (Lipinski definition) is 4. The van der Waals surface area contributed by atoms with E-state index < -0.39 is 6.04 Å². The highest BCUT2D eigenvalue weighted by atomic mass is 16.2. The van der Waals surface area contributed by atoms with E-state index in [9.17, 15) is 9.59 Å². The third-order valence-corrected chi connectivity index (χ3v) is 5.20. The van der Waals surface area contributed by atoms with Crippen LogP contribution in [0, 0.1) is 6.92 Å². The summed E-state index contributed by atoms with van der Waals surface area (Å²) in [6.07, 6.45) is 1.61. The molecule has 1 aromatic heterocycles. The van der Waals surface area contributed by atoms with E-state index in [1.165, 1.54) is 5.56 Å². The third-order valence-electron chi connectivity index (χ3n) is 5.20. The van der Waals surface area contributed by atoms with Crippen LogP contribution >= 0.6 is 0 Å². The predicted molar refractivity (Wildman–Crippen MR) is 108 cm³/mol. The van der Waals surface area contributed by atoms with Crippen LogP contribution < -0.4 is 0 Å². The monoisotopic (exact) mass is 389 g/mol. The lowest BCUT2D eigenvalue weighted by Gasteiger charge is -2.38. The van der Waals surface area contributed by atoms with Crippen LogP contribution in [-0.4, -0.2) is 55.7 Å². The standard InChI is InChI=1S/C22H23N5O2/c1-16-7-6-8-18(13-16)14-25-11-12-26(17(2)21(25)28)22(29)20-15-27(24-23-20)19-9-4-3-5-10-19/h3-10,13,15,17H,11-12,14H2,1-2H3. The molecule has 0 N–H and O–H groups in total. The number of piperazine rings is 1. The van der Waals surface area contributed by atoms with Crippen LogP contribution in [-0.2, 0) is 11.3 Å². The molecule has 148 valence electrons. The van der Waals surface area contributed by atoms with Gasteiger partial charge in [0, 0.05) is 19.6 Å². The predicted octanol–water partition coefficient (Wildman–Crippen LogP) is 2.45. The molecule has 7 nitrogen and oxygen atoms in total. The molecule has 1 aliphatic rings. The van der Waals surface area contributed by atoms with Crippen LogP contribution in [0.5, 0.6) is 0 Å². The number of amides is 2. The summed E-state index contributed by atoms with van der Waals surface area (Å²) in [6, 6.07) is 17.1. The summed E-state index contributed by atoms with van der Waals surface area (Å²) in [5, 5.41) is 8.07. The number of benzene rings is 2. The number of carbonyl (C=O) groups excluding carboxylic acids is 2. The Hall–Kier alpha value is -3.48. The first-order valence-electron chi connectivity index (χ1n) is 9.66. The molecule has 0 bridgehead atoms. The molecular weight excluding hydrogens is 366 g/mol. The van der Waals surface area contributed by atoms with Crippen LogP contribution in [0.2, 0.25) is 0 Å². The molecule has 29 heavy (non-hydrogen) atoms. The van der Waals surface area contributed by atoms with Gasteiger partial charge in [-0.15, -0.1) is 5.10 Å². The quantitative estimate of drug-likeness (QED) is 0.687. The van der Waals surface area contributed by atoms with Gasteiger partial charge in [-0.05, 0) is 31.5 Å². The Morgan fingerprint density at radius 1 is 1.10 bits per heavy atom. The number of para-hydroxylation sites is 1. The lowest BCUT2D eigenvalue weighted by Crippen LogP contribution is -2.57. The highest BCUT2D eigenvalue weighted by molar-refractivity contribution is 5.96. The molecule has 1 atom stereocenters. The Morgan fingerprint density at radius 3 is 2.66 bits per heavy atom. The second-order valence-electron chi connectivity index (χ2n) is 7.31. The molecule has 4 rings (SSSR count). The molecule has 1 fully saturated rings. The summed E-state index contributed by atoms with van der Waals surface area (Å²) >= 11 is 0. The van der Waals surface area contributed by atoms with Crippen molar-refractivity contribution in [3.63, 3.8) is 0 Å². The van der Waals surface area contributed by atoms with Crippen molar-refractivity contribution in [2.75, 3.05) is 13.1 Å². The molecule has 0 saturated carbocycles. The van der Waals surface area contributed by atoms with Gasteiger partial charge >= 0.3 is 0 Å². The SMILES string of the molecule is Cc1cccc(CN2CCN(C(=O)c3cn(-c4ccccc4)nn3)C(C)C2=O)c1. The van der Waals surface area contributed by atoms with Gasteiger partial charge in [-0.1, -0.05) is 53.2 Å². The van der Waals surface area contributed by atoms with Gasteiger partial charge in [-0.25, -0.2) is 4.68 Å². The van der Waals surface area contributed by atoms with Crippen molar-refractivity contribution in [3.05, 3.63) is 77.6 Å². The van der Waals surface area contributed by atoms with Crippen molar-refractivity contribution in [3.8, 4) is 5.69 Å². The van der Waals surface area contributed by atoms with Gasteiger partial charge in [0.1, 0.15) is 6.04 Å². The molecule has 2 aromatic carbocycles. The van der Waals surface area contributed by atoms with Crippen LogP contribution in [0.3, 0.4) is 0 Å². The van der Waals surface area contributed by atoms with E-state index in [1.807, 2.05) is 60.4 Å². The van der Waals surface area contributed by atoms with Gasteiger partial charge < -0.3 is 9.80 Å². The molecule has 1 saturated heterocycles. The summed E-state index contributed by atoms with van der Waals surface area (Å²) < 4.78 is 1.56. The number of rotatable bonds is 4. The molecule has 1 unspecified atom stereocenters. The highest BCUT2D eigenvalue weighted by Gasteiger charge is 2.35. The molecule has 7 heteroatoms. The van der Waals surface area contributed by atoms with Crippen molar-refractivity contribution < 1.29 is 9.59 Å². The van der Waals surface area contributed by atoms with Crippen molar-refractivity contribution in [2.24, 2.45) is 0 Å². The fourth-order valence-corrected chi connectivity index (χ4v) is 3.61. The van der Waals surface area contributed by atoms with E-state index in [1.54, 1.807) is 22.7 Å². The van der Waals surface area contributed by atoms with Crippen LogP contribution in [0.1, 0.15) is 28.5 Å². The minimum atomic E-state index is -0.539. The summed E-state index contributed by atoms with van der Waals surface area (Å²) in [7, 11) is 0. The Kier molecular flexibility index (Phi) is 5.12. The molecule has 2 heterocycles. The molecule has 1 aliphatic heterocycles. The lowest BCUT2D eigenvalue weighted by molar-refractivity contribution is -0.140. The average Bonchev–Trinajstić information content (AvgIpc) is 3.22. The zero-order valence-electron chi connectivity index (χ0n) is 16.5. The van der Waals surface area contributed by atoms with Gasteiger partial charge in [-0.3, -0.25) is 9.59 Å². The normalized spacial score (nSPS) is 16.9. The zero-order valence-corrected chi connectivity index (χ0v) is 16.5. The van der Waals surface area contributed by atoms with Crippen molar-refractivity contribution >= 4 is 11.8 Å². The highest BCUT2D eigenvalue weighted by Crippen LogP contribution is 2.18. The maximum Gasteiger partial charge on any atom is 0.276 e. The second kappa shape index (κ2) is 7.87. The number of nitrogens with zero attached hydrogens (tertiary/aromatic N) is 5. The number of aryl methyl sites for hydroxylation is 1. The molecule has 2 amide bonds. The summed E-state index contributed by atoms with van der Waals surface area (Å²) in [5.74, 6) is -0.329. The molecule has 0 radical (unpaired) electrons. The van der Waals surface area contributed by atoms with Crippen LogP contribution in [0.4, 0.5) is 0 Å². The lowest BCUT2D eigenvalue weighted by atomic mass is 10.1. The van der Waals surface area contributed by atoms with Crippen LogP contribution in [0.15, 0.2) is 60.8 Å². The smallest absolute Gasteiger partial charge is 0.276 e. The van der Waals surface area contributed by atoms with Crippen molar-refractivity contribution in [1.82, 2.24) is 24.8 Å². The largest absolute Gasteiger partial charge is 0.335 e. The third kappa shape index (κ3) is 3.89.